The van der Waals surface area contributed by atoms with Crippen LogP contribution in [-0.4, -0.2) is 56.8 Å². The van der Waals surface area contributed by atoms with Crippen LogP contribution < -0.4 is 0 Å². The van der Waals surface area contributed by atoms with E-state index < -0.39 is 0 Å². The van der Waals surface area contributed by atoms with E-state index in [4.69, 9.17) is 0 Å². The van der Waals surface area contributed by atoms with Crippen molar-refractivity contribution in [2.24, 2.45) is 0 Å². The van der Waals surface area contributed by atoms with Gasteiger partial charge in [-0.15, -0.1) is 11.3 Å². The normalized spacial score (nSPS) is 14.6. The Morgan fingerprint density at radius 3 is 2.12 bits per heavy atom. The average Bonchev–Trinajstić information content (AvgIpc) is 3.37. The van der Waals surface area contributed by atoms with Crippen molar-refractivity contribution in [1.82, 2.24) is 24.8 Å². The molecule has 0 atom stereocenters. The van der Waals surface area contributed by atoms with E-state index in [1.54, 1.807) is 18.6 Å². The van der Waals surface area contributed by atoms with Crippen LogP contribution in [0.1, 0.15) is 27.7 Å². The number of aromatic nitrogens is 3. The van der Waals surface area contributed by atoms with Crippen LogP contribution in [0.4, 0.5) is 0 Å². The summed E-state index contributed by atoms with van der Waals surface area (Å²) in [6, 6.07) is 21.3. The molecule has 7 heteroatoms. The third-order valence-corrected chi connectivity index (χ3v) is 6.57. The lowest BCUT2D eigenvalue weighted by molar-refractivity contribution is 0.0592. The van der Waals surface area contributed by atoms with Crippen molar-refractivity contribution in [2.75, 3.05) is 26.2 Å². The zero-order valence-electron chi connectivity index (χ0n) is 17.5. The van der Waals surface area contributed by atoms with Crippen LogP contribution in [0.3, 0.4) is 0 Å². The molecule has 3 heterocycles. The lowest BCUT2D eigenvalue weighted by atomic mass is 9.96. The van der Waals surface area contributed by atoms with Gasteiger partial charge in [-0.05, 0) is 11.1 Å². The van der Waals surface area contributed by atoms with E-state index in [-0.39, 0.29) is 11.9 Å². The number of amides is 1. The van der Waals surface area contributed by atoms with Gasteiger partial charge in [-0.1, -0.05) is 60.7 Å². The summed E-state index contributed by atoms with van der Waals surface area (Å²) in [6.45, 7) is 2.96. The molecule has 0 unspecified atom stereocenters. The summed E-state index contributed by atoms with van der Waals surface area (Å²) in [7, 11) is 0. The van der Waals surface area contributed by atoms with Crippen molar-refractivity contribution in [3.05, 3.63) is 101 Å². The Balaban J connectivity index is 1.30. The molecule has 0 aliphatic carbocycles. The number of hydrogen-bond acceptors (Lipinski definition) is 6. The molecule has 160 valence electrons. The number of carbonyl (C=O) groups excluding carboxylic acids is 1. The van der Waals surface area contributed by atoms with E-state index in [1.807, 2.05) is 22.4 Å². The monoisotopic (exact) mass is 441 g/mol. The number of nitrogens with zero attached hydrogens (tertiary/aromatic N) is 5. The standard InChI is InChI=1S/C25H23N5OS/c31-25(22-18-32-24(28-22)21-17-26-11-12-27-21)30-15-13-29(14-16-30)23(19-7-3-1-4-8-19)20-9-5-2-6-10-20/h1-12,17-18,23H,13-16H2. The Kier molecular flexibility index (Phi) is 6.00. The molecule has 1 fully saturated rings. The van der Waals surface area contributed by atoms with Crippen molar-refractivity contribution in [3.8, 4) is 10.7 Å². The summed E-state index contributed by atoms with van der Waals surface area (Å²) < 4.78 is 0. The first-order chi connectivity index (χ1) is 15.8. The SMILES string of the molecule is O=C(c1csc(-c2cnccn2)n1)N1CCN(C(c2ccccc2)c2ccccc2)CC1. The molecule has 0 bridgehead atoms. The van der Waals surface area contributed by atoms with Crippen LogP contribution in [0.2, 0.25) is 0 Å². The fraction of sp³-hybridized carbons (Fsp3) is 0.200. The number of benzene rings is 2. The van der Waals surface area contributed by atoms with Crippen LogP contribution in [-0.2, 0) is 0 Å². The van der Waals surface area contributed by atoms with E-state index in [1.165, 1.54) is 22.5 Å². The molecule has 1 aliphatic heterocycles. The van der Waals surface area contributed by atoms with Gasteiger partial charge in [0.15, 0.2) is 0 Å². The van der Waals surface area contributed by atoms with Gasteiger partial charge in [0.2, 0.25) is 0 Å². The Bertz CT molecular complexity index is 1120. The molecular formula is C25H23N5OS. The second-order valence-corrected chi connectivity index (χ2v) is 8.54. The molecule has 4 aromatic rings. The zero-order valence-corrected chi connectivity index (χ0v) is 18.4. The first kappa shape index (κ1) is 20.5. The molecule has 6 nitrogen and oxygen atoms in total. The van der Waals surface area contributed by atoms with E-state index >= 15 is 0 Å². The summed E-state index contributed by atoms with van der Waals surface area (Å²) in [5.41, 5.74) is 3.71. The summed E-state index contributed by atoms with van der Waals surface area (Å²) in [4.78, 5) is 30.3. The van der Waals surface area contributed by atoms with Gasteiger partial charge in [0.05, 0.1) is 12.2 Å². The summed E-state index contributed by atoms with van der Waals surface area (Å²) in [6.07, 6.45) is 4.92. The molecular weight excluding hydrogens is 418 g/mol. The van der Waals surface area contributed by atoms with Gasteiger partial charge in [-0.25, -0.2) is 4.98 Å². The van der Waals surface area contributed by atoms with Crippen molar-refractivity contribution < 1.29 is 4.79 Å². The maximum absolute atomic E-state index is 13.1. The topological polar surface area (TPSA) is 62.2 Å². The lowest BCUT2D eigenvalue weighted by Gasteiger charge is -2.39. The predicted molar refractivity (Wildman–Crippen MR) is 125 cm³/mol. The van der Waals surface area contributed by atoms with Crippen molar-refractivity contribution >= 4 is 17.2 Å². The van der Waals surface area contributed by atoms with Crippen LogP contribution in [0.25, 0.3) is 10.7 Å². The number of carbonyl (C=O) groups is 1. The van der Waals surface area contributed by atoms with Gasteiger partial charge in [-0.3, -0.25) is 19.7 Å². The third-order valence-electron chi connectivity index (χ3n) is 5.70. The predicted octanol–water partition coefficient (Wildman–Crippen LogP) is 4.15. The minimum Gasteiger partial charge on any atom is -0.335 e. The van der Waals surface area contributed by atoms with Gasteiger partial charge in [0.1, 0.15) is 16.4 Å². The minimum atomic E-state index is -0.0213. The van der Waals surface area contributed by atoms with Gasteiger partial charge in [0.25, 0.3) is 5.91 Å². The van der Waals surface area contributed by atoms with Crippen LogP contribution in [0.15, 0.2) is 84.6 Å². The van der Waals surface area contributed by atoms with Crippen LogP contribution in [0.5, 0.6) is 0 Å². The summed E-state index contributed by atoms with van der Waals surface area (Å²) in [5, 5.41) is 2.53. The average molecular weight is 442 g/mol. The molecule has 32 heavy (non-hydrogen) atoms. The summed E-state index contributed by atoms with van der Waals surface area (Å²) in [5.74, 6) is -0.0213. The Labute approximate surface area is 191 Å². The first-order valence-electron chi connectivity index (χ1n) is 10.6. The molecule has 2 aromatic carbocycles. The van der Waals surface area contributed by atoms with Crippen LogP contribution in [0, 0.1) is 0 Å². The van der Waals surface area contributed by atoms with E-state index in [0.29, 0.717) is 29.5 Å². The number of thiazole rings is 1. The second-order valence-electron chi connectivity index (χ2n) is 7.68. The third kappa shape index (κ3) is 4.30. The van der Waals surface area contributed by atoms with Gasteiger partial charge in [0, 0.05) is 44.0 Å². The molecule has 0 spiro atoms. The lowest BCUT2D eigenvalue weighted by Crippen LogP contribution is -2.50. The molecule has 0 radical (unpaired) electrons. The molecule has 1 saturated heterocycles. The van der Waals surface area contributed by atoms with Gasteiger partial charge < -0.3 is 4.90 Å². The molecule has 5 rings (SSSR count). The molecule has 1 aliphatic rings. The van der Waals surface area contributed by atoms with Gasteiger partial charge in [-0.2, -0.15) is 0 Å². The maximum atomic E-state index is 13.1. The largest absolute Gasteiger partial charge is 0.335 e. The van der Waals surface area contributed by atoms with E-state index in [0.717, 1.165) is 13.1 Å². The van der Waals surface area contributed by atoms with E-state index in [9.17, 15) is 4.79 Å². The Hall–Kier alpha value is -3.42. The number of piperazine rings is 1. The number of hydrogen-bond donors (Lipinski definition) is 0. The molecule has 1 amide bonds. The van der Waals surface area contributed by atoms with Crippen molar-refractivity contribution in [1.29, 1.82) is 0 Å². The highest BCUT2D eigenvalue weighted by Crippen LogP contribution is 2.30. The quantitative estimate of drug-likeness (QED) is 0.466. The van der Waals surface area contributed by atoms with E-state index in [2.05, 4.69) is 68.4 Å². The molecule has 2 aromatic heterocycles. The minimum absolute atomic E-state index is 0.0213. The van der Waals surface area contributed by atoms with Crippen molar-refractivity contribution in [2.45, 2.75) is 6.04 Å². The zero-order chi connectivity index (χ0) is 21.8. The maximum Gasteiger partial charge on any atom is 0.273 e. The number of rotatable bonds is 5. The second kappa shape index (κ2) is 9.38. The van der Waals surface area contributed by atoms with Crippen molar-refractivity contribution in [3.63, 3.8) is 0 Å². The molecule has 0 saturated carbocycles. The fourth-order valence-corrected chi connectivity index (χ4v) is 4.88. The Morgan fingerprint density at radius 1 is 0.875 bits per heavy atom. The first-order valence-corrected chi connectivity index (χ1v) is 11.5. The molecule has 0 N–H and O–H groups in total. The fourth-order valence-electron chi connectivity index (χ4n) is 4.13. The highest BCUT2D eigenvalue weighted by atomic mass is 32.1. The Morgan fingerprint density at radius 2 is 1.53 bits per heavy atom. The highest BCUT2D eigenvalue weighted by Gasteiger charge is 2.29. The summed E-state index contributed by atoms with van der Waals surface area (Å²) >= 11 is 1.42. The van der Waals surface area contributed by atoms with Crippen LogP contribution >= 0.6 is 11.3 Å². The smallest absolute Gasteiger partial charge is 0.273 e. The van der Waals surface area contributed by atoms with Gasteiger partial charge >= 0.3 is 0 Å². The highest BCUT2D eigenvalue weighted by molar-refractivity contribution is 7.13.